The maximum absolute atomic E-state index is 12.7. The van der Waals surface area contributed by atoms with Crippen molar-refractivity contribution in [1.82, 2.24) is 14.5 Å². The smallest absolute Gasteiger partial charge is 0.243 e. The number of benzene rings is 1. The van der Waals surface area contributed by atoms with Crippen molar-refractivity contribution in [3.05, 3.63) is 29.8 Å². The molecule has 0 unspecified atom stereocenters. The van der Waals surface area contributed by atoms with Crippen molar-refractivity contribution in [3.63, 3.8) is 0 Å². The molecule has 8 heteroatoms. The second kappa shape index (κ2) is 8.03. The molecule has 0 radical (unpaired) electrons. The summed E-state index contributed by atoms with van der Waals surface area (Å²) in [5.74, 6) is 0.109. The van der Waals surface area contributed by atoms with Crippen LogP contribution in [0.5, 0.6) is 0 Å². The van der Waals surface area contributed by atoms with Gasteiger partial charge < -0.3 is 10.2 Å². The molecule has 0 atom stereocenters. The van der Waals surface area contributed by atoms with E-state index in [0.717, 1.165) is 18.7 Å². The lowest BCUT2D eigenvalue weighted by Gasteiger charge is -2.31. The molecular weight excluding hydrogens is 362 g/mol. The van der Waals surface area contributed by atoms with Gasteiger partial charge in [0.2, 0.25) is 15.9 Å². The molecule has 0 aromatic heterocycles. The molecule has 1 aromatic carbocycles. The van der Waals surface area contributed by atoms with E-state index >= 15 is 0 Å². The third kappa shape index (κ3) is 4.94. The van der Waals surface area contributed by atoms with E-state index in [2.05, 4.69) is 10.2 Å². The number of halogens is 1. The van der Waals surface area contributed by atoms with Gasteiger partial charge in [0.15, 0.2) is 0 Å². The first kappa shape index (κ1) is 20.2. The van der Waals surface area contributed by atoms with E-state index in [1.807, 2.05) is 7.05 Å². The SMILES string of the molecule is CN1CCN(S(=O)(=O)c2ccc(CNC(=O)C(C)(C)CCl)cc2)CC1. The van der Waals surface area contributed by atoms with Crippen LogP contribution in [0.15, 0.2) is 29.2 Å². The standard InChI is InChI=1S/C17H26ClN3O3S/c1-17(2,13-18)16(22)19-12-14-4-6-15(7-5-14)25(23,24)21-10-8-20(3)9-11-21/h4-7H,8-13H2,1-3H3,(H,19,22). The van der Waals surface area contributed by atoms with Crippen molar-refractivity contribution in [2.75, 3.05) is 39.1 Å². The fourth-order valence-electron chi connectivity index (χ4n) is 2.44. The zero-order chi connectivity index (χ0) is 18.7. The number of likely N-dealkylation sites (N-methyl/N-ethyl adjacent to an activating group) is 1. The summed E-state index contributed by atoms with van der Waals surface area (Å²) < 4.78 is 26.8. The summed E-state index contributed by atoms with van der Waals surface area (Å²) in [4.78, 5) is 14.4. The van der Waals surface area contributed by atoms with Gasteiger partial charge in [0.1, 0.15) is 0 Å². The summed E-state index contributed by atoms with van der Waals surface area (Å²) in [6.45, 7) is 6.38. The molecule has 1 heterocycles. The molecule has 1 aromatic rings. The topological polar surface area (TPSA) is 69.7 Å². The molecule has 0 saturated carbocycles. The Bertz CT molecular complexity index is 696. The molecule has 0 aliphatic carbocycles. The van der Waals surface area contributed by atoms with E-state index in [-0.39, 0.29) is 16.7 Å². The maximum atomic E-state index is 12.7. The highest BCUT2D eigenvalue weighted by atomic mass is 35.5. The summed E-state index contributed by atoms with van der Waals surface area (Å²) in [6, 6.07) is 6.66. The first-order valence-corrected chi connectivity index (χ1v) is 10.3. The number of carbonyl (C=O) groups is 1. The van der Waals surface area contributed by atoms with Crippen LogP contribution in [0.2, 0.25) is 0 Å². The van der Waals surface area contributed by atoms with Crippen LogP contribution in [0.1, 0.15) is 19.4 Å². The predicted octanol–water partition coefficient (Wildman–Crippen LogP) is 1.50. The Morgan fingerprint density at radius 3 is 2.24 bits per heavy atom. The molecule has 2 rings (SSSR count). The quantitative estimate of drug-likeness (QED) is 0.751. The molecule has 25 heavy (non-hydrogen) atoms. The van der Waals surface area contributed by atoms with Crippen LogP contribution in [0, 0.1) is 5.41 Å². The second-order valence-electron chi connectivity index (χ2n) is 7.05. The number of amides is 1. The van der Waals surface area contributed by atoms with E-state index < -0.39 is 15.4 Å². The molecule has 1 amide bonds. The van der Waals surface area contributed by atoms with Crippen molar-refractivity contribution >= 4 is 27.5 Å². The highest BCUT2D eigenvalue weighted by Crippen LogP contribution is 2.19. The van der Waals surface area contributed by atoms with Gasteiger partial charge in [-0.25, -0.2) is 8.42 Å². The van der Waals surface area contributed by atoms with E-state index in [1.54, 1.807) is 38.1 Å². The lowest BCUT2D eigenvalue weighted by Crippen LogP contribution is -2.47. The minimum atomic E-state index is -3.46. The Labute approximate surface area is 155 Å². The van der Waals surface area contributed by atoms with Crippen molar-refractivity contribution in [3.8, 4) is 0 Å². The van der Waals surface area contributed by atoms with Crippen molar-refractivity contribution < 1.29 is 13.2 Å². The van der Waals surface area contributed by atoms with Crippen LogP contribution in [-0.4, -0.2) is 62.6 Å². The van der Waals surface area contributed by atoms with Crippen LogP contribution in [0.25, 0.3) is 0 Å². The van der Waals surface area contributed by atoms with Gasteiger partial charge in [0.05, 0.1) is 10.3 Å². The first-order chi connectivity index (χ1) is 11.7. The Morgan fingerprint density at radius 2 is 1.72 bits per heavy atom. The van der Waals surface area contributed by atoms with E-state index in [9.17, 15) is 13.2 Å². The Hall–Kier alpha value is -1.15. The van der Waals surface area contributed by atoms with Gasteiger partial charge in [0.25, 0.3) is 0 Å². The van der Waals surface area contributed by atoms with Crippen molar-refractivity contribution in [1.29, 1.82) is 0 Å². The third-order valence-electron chi connectivity index (χ3n) is 4.43. The number of rotatable bonds is 6. The second-order valence-corrected chi connectivity index (χ2v) is 9.26. The van der Waals surface area contributed by atoms with Crippen LogP contribution in [0.4, 0.5) is 0 Å². The fourth-order valence-corrected chi connectivity index (χ4v) is 3.98. The van der Waals surface area contributed by atoms with Crippen LogP contribution in [-0.2, 0) is 21.4 Å². The lowest BCUT2D eigenvalue weighted by atomic mass is 9.95. The highest BCUT2D eigenvalue weighted by molar-refractivity contribution is 7.89. The van der Waals surface area contributed by atoms with Crippen LogP contribution < -0.4 is 5.32 Å². The average Bonchev–Trinajstić information content (AvgIpc) is 2.60. The minimum Gasteiger partial charge on any atom is -0.352 e. The summed E-state index contributed by atoms with van der Waals surface area (Å²) in [5, 5.41) is 2.83. The number of nitrogens with zero attached hydrogens (tertiary/aromatic N) is 2. The summed E-state index contributed by atoms with van der Waals surface area (Å²) in [7, 11) is -1.47. The fraction of sp³-hybridized carbons (Fsp3) is 0.588. The number of nitrogens with one attached hydrogen (secondary N) is 1. The van der Waals surface area contributed by atoms with E-state index in [4.69, 9.17) is 11.6 Å². The average molecular weight is 388 g/mol. The zero-order valence-electron chi connectivity index (χ0n) is 15.0. The van der Waals surface area contributed by atoms with Gasteiger partial charge in [-0.2, -0.15) is 4.31 Å². The Kier molecular flexibility index (Phi) is 6.48. The zero-order valence-corrected chi connectivity index (χ0v) is 16.5. The summed E-state index contributed by atoms with van der Waals surface area (Å²) >= 11 is 5.79. The molecule has 1 N–H and O–H groups in total. The first-order valence-electron chi connectivity index (χ1n) is 8.29. The van der Waals surface area contributed by atoms with Gasteiger partial charge >= 0.3 is 0 Å². The summed E-state index contributed by atoms with van der Waals surface area (Å²) in [5.41, 5.74) is 0.211. The number of carbonyl (C=O) groups excluding carboxylic acids is 1. The minimum absolute atomic E-state index is 0.128. The lowest BCUT2D eigenvalue weighted by molar-refractivity contribution is -0.128. The largest absolute Gasteiger partial charge is 0.352 e. The van der Waals surface area contributed by atoms with Crippen molar-refractivity contribution in [2.45, 2.75) is 25.3 Å². The van der Waals surface area contributed by atoms with E-state index in [0.29, 0.717) is 19.6 Å². The number of sulfonamides is 1. The molecule has 6 nitrogen and oxygen atoms in total. The maximum Gasteiger partial charge on any atom is 0.243 e. The molecular formula is C17H26ClN3O3S. The Morgan fingerprint density at radius 1 is 1.16 bits per heavy atom. The monoisotopic (exact) mass is 387 g/mol. The van der Waals surface area contributed by atoms with E-state index in [1.165, 1.54) is 4.31 Å². The highest BCUT2D eigenvalue weighted by Gasteiger charge is 2.28. The van der Waals surface area contributed by atoms with Gasteiger partial charge in [-0.15, -0.1) is 11.6 Å². The summed E-state index contributed by atoms with van der Waals surface area (Å²) in [6.07, 6.45) is 0. The molecule has 0 spiro atoms. The molecule has 1 aliphatic rings. The number of alkyl halides is 1. The molecule has 1 saturated heterocycles. The molecule has 140 valence electrons. The van der Waals surface area contributed by atoms with Crippen LogP contribution in [0.3, 0.4) is 0 Å². The molecule has 1 fully saturated rings. The van der Waals surface area contributed by atoms with Gasteiger partial charge in [-0.05, 0) is 38.6 Å². The number of hydrogen-bond donors (Lipinski definition) is 1. The van der Waals surface area contributed by atoms with Crippen molar-refractivity contribution in [2.24, 2.45) is 5.41 Å². The predicted molar refractivity (Wildman–Crippen MR) is 99.0 cm³/mol. The van der Waals surface area contributed by atoms with Gasteiger partial charge in [-0.3, -0.25) is 4.79 Å². The number of piperazine rings is 1. The third-order valence-corrected chi connectivity index (χ3v) is 7.01. The molecule has 1 aliphatic heterocycles. The number of hydrogen-bond acceptors (Lipinski definition) is 4. The van der Waals surface area contributed by atoms with Gasteiger partial charge in [0, 0.05) is 38.6 Å². The normalized spacial score (nSPS) is 17.4. The van der Waals surface area contributed by atoms with Gasteiger partial charge in [-0.1, -0.05) is 12.1 Å². The Balaban J connectivity index is 2.01. The molecule has 0 bridgehead atoms. The van der Waals surface area contributed by atoms with Crippen LogP contribution >= 0.6 is 11.6 Å².